The van der Waals surface area contributed by atoms with E-state index in [1.165, 1.54) is 12.1 Å². The molecule has 2 N–H and O–H groups in total. The Balaban J connectivity index is 1.82. The van der Waals surface area contributed by atoms with Crippen LogP contribution in [0.3, 0.4) is 0 Å². The fraction of sp³-hybridized carbons (Fsp3) is 0.316. The lowest BCUT2D eigenvalue weighted by Crippen LogP contribution is -2.39. The van der Waals surface area contributed by atoms with Crippen molar-refractivity contribution >= 4 is 17.5 Å². The Morgan fingerprint density at radius 2 is 1.81 bits per heavy atom. The van der Waals surface area contributed by atoms with Gasteiger partial charge in [-0.1, -0.05) is 48.0 Å². The molecule has 26 heavy (non-hydrogen) atoms. The van der Waals surface area contributed by atoms with Gasteiger partial charge in [0.25, 0.3) is 0 Å². The van der Waals surface area contributed by atoms with Gasteiger partial charge in [0.1, 0.15) is 0 Å². The maximum Gasteiger partial charge on any atom is 0.417 e. The van der Waals surface area contributed by atoms with Crippen LogP contribution in [0.1, 0.15) is 23.6 Å². The molecule has 0 saturated heterocycles. The zero-order valence-corrected chi connectivity index (χ0v) is 15.0. The summed E-state index contributed by atoms with van der Waals surface area (Å²) in [6, 6.07) is 13.1. The Kier molecular flexibility index (Phi) is 7.06. The van der Waals surface area contributed by atoms with E-state index in [4.69, 9.17) is 11.6 Å². The normalized spacial score (nSPS) is 12.7. The first-order chi connectivity index (χ1) is 12.3. The van der Waals surface area contributed by atoms with E-state index in [0.717, 1.165) is 11.6 Å². The highest BCUT2D eigenvalue weighted by molar-refractivity contribution is 6.31. The number of nitrogens with one attached hydrogen (secondary N) is 2. The molecule has 1 atom stereocenters. The lowest BCUT2D eigenvalue weighted by molar-refractivity contribution is -0.137. The van der Waals surface area contributed by atoms with E-state index in [1.807, 2.05) is 30.3 Å². The van der Waals surface area contributed by atoms with Crippen molar-refractivity contribution in [3.8, 4) is 0 Å². The minimum Gasteiger partial charge on any atom is -0.352 e. The van der Waals surface area contributed by atoms with E-state index in [9.17, 15) is 18.0 Å². The van der Waals surface area contributed by atoms with E-state index < -0.39 is 11.7 Å². The first-order valence-corrected chi connectivity index (χ1v) is 8.53. The van der Waals surface area contributed by atoms with Gasteiger partial charge in [-0.3, -0.25) is 4.79 Å². The smallest absolute Gasteiger partial charge is 0.352 e. The van der Waals surface area contributed by atoms with Gasteiger partial charge < -0.3 is 10.6 Å². The largest absolute Gasteiger partial charge is 0.417 e. The van der Waals surface area contributed by atoms with Crippen LogP contribution in [0, 0.1) is 0 Å². The Morgan fingerprint density at radius 3 is 2.46 bits per heavy atom. The van der Waals surface area contributed by atoms with Gasteiger partial charge in [-0.05, 0) is 36.6 Å². The molecule has 2 aromatic carbocycles. The zero-order valence-electron chi connectivity index (χ0n) is 14.2. The van der Waals surface area contributed by atoms with E-state index >= 15 is 0 Å². The van der Waals surface area contributed by atoms with Gasteiger partial charge in [-0.25, -0.2) is 0 Å². The Labute approximate surface area is 155 Å². The van der Waals surface area contributed by atoms with Crippen LogP contribution in [-0.2, 0) is 23.9 Å². The van der Waals surface area contributed by atoms with Crippen molar-refractivity contribution in [3.63, 3.8) is 0 Å². The molecule has 1 unspecified atom stereocenters. The molecule has 0 spiro atoms. The highest BCUT2D eigenvalue weighted by Gasteiger charge is 2.33. The number of carbonyl (C=O) groups is 1. The predicted octanol–water partition coefficient (Wildman–Crippen LogP) is 4.20. The molecule has 0 radical (unpaired) electrons. The van der Waals surface area contributed by atoms with Crippen molar-refractivity contribution in [2.24, 2.45) is 0 Å². The van der Waals surface area contributed by atoms with Crippen LogP contribution >= 0.6 is 11.6 Å². The Hall–Kier alpha value is -2.05. The van der Waals surface area contributed by atoms with Gasteiger partial charge in [0, 0.05) is 12.6 Å². The monoisotopic (exact) mass is 384 g/mol. The number of rotatable bonds is 7. The summed E-state index contributed by atoms with van der Waals surface area (Å²) in [4.78, 5) is 11.9. The van der Waals surface area contributed by atoms with Crippen molar-refractivity contribution < 1.29 is 18.0 Å². The average molecular weight is 385 g/mol. The maximum atomic E-state index is 12.9. The standard InChI is InChI=1S/C19H20ClF3N2O/c1-13(9-15-7-8-17(20)16(10-15)19(21,22)23)25-18(26)12-24-11-14-5-3-2-4-6-14/h2-8,10,13,24H,9,11-12H2,1H3,(H,25,26). The summed E-state index contributed by atoms with van der Waals surface area (Å²) in [5, 5.41) is 5.47. The highest BCUT2D eigenvalue weighted by Crippen LogP contribution is 2.35. The molecular formula is C19H20ClF3N2O. The number of benzene rings is 2. The molecule has 0 aliphatic rings. The van der Waals surface area contributed by atoms with Gasteiger partial charge in [-0.15, -0.1) is 0 Å². The second-order valence-electron chi connectivity index (χ2n) is 6.07. The fourth-order valence-corrected chi connectivity index (χ4v) is 2.79. The molecule has 0 fully saturated rings. The molecular weight excluding hydrogens is 365 g/mol. The zero-order chi connectivity index (χ0) is 19.2. The highest BCUT2D eigenvalue weighted by atomic mass is 35.5. The number of alkyl halides is 3. The summed E-state index contributed by atoms with van der Waals surface area (Å²) < 4.78 is 38.7. The number of carbonyl (C=O) groups excluding carboxylic acids is 1. The summed E-state index contributed by atoms with van der Waals surface area (Å²) in [7, 11) is 0. The van der Waals surface area contributed by atoms with Crippen LogP contribution in [-0.4, -0.2) is 18.5 Å². The maximum absolute atomic E-state index is 12.9. The SMILES string of the molecule is CC(Cc1ccc(Cl)c(C(F)(F)F)c1)NC(=O)CNCc1ccccc1. The lowest BCUT2D eigenvalue weighted by atomic mass is 10.0. The van der Waals surface area contributed by atoms with Gasteiger partial charge in [-0.2, -0.15) is 13.2 Å². The van der Waals surface area contributed by atoms with Crippen molar-refractivity contribution in [1.82, 2.24) is 10.6 Å². The fourth-order valence-electron chi connectivity index (χ4n) is 2.56. The van der Waals surface area contributed by atoms with E-state index in [2.05, 4.69) is 10.6 Å². The lowest BCUT2D eigenvalue weighted by Gasteiger charge is -2.16. The molecule has 7 heteroatoms. The van der Waals surface area contributed by atoms with Crippen molar-refractivity contribution in [2.75, 3.05) is 6.54 Å². The summed E-state index contributed by atoms with van der Waals surface area (Å²) in [6.45, 7) is 2.44. The van der Waals surface area contributed by atoms with Crippen LogP contribution in [0.15, 0.2) is 48.5 Å². The van der Waals surface area contributed by atoms with Crippen LogP contribution in [0.25, 0.3) is 0 Å². The number of amides is 1. The quantitative estimate of drug-likeness (QED) is 0.751. The van der Waals surface area contributed by atoms with Crippen molar-refractivity contribution in [3.05, 3.63) is 70.2 Å². The topological polar surface area (TPSA) is 41.1 Å². The molecule has 1 amide bonds. The third kappa shape index (κ3) is 6.35. The average Bonchev–Trinajstić information content (AvgIpc) is 2.56. The Bertz CT molecular complexity index is 735. The van der Waals surface area contributed by atoms with E-state index in [-0.39, 0.29) is 29.9 Å². The molecule has 140 valence electrons. The molecule has 2 rings (SSSR count). The third-order valence-electron chi connectivity index (χ3n) is 3.74. The molecule has 0 heterocycles. The van der Waals surface area contributed by atoms with E-state index in [1.54, 1.807) is 6.92 Å². The second-order valence-corrected chi connectivity index (χ2v) is 6.48. The molecule has 0 aromatic heterocycles. The molecule has 0 aliphatic carbocycles. The summed E-state index contributed by atoms with van der Waals surface area (Å²) in [5.74, 6) is -0.210. The summed E-state index contributed by atoms with van der Waals surface area (Å²) in [6.07, 6.45) is -4.22. The predicted molar refractivity (Wildman–Crippen MR) is 95.9 cm³/mol. The number of hydrogen-bond acceptors (Lipinski definition) is 2. The van der Waals surface area contributed by atoms with Crippen LogP contribution in [0.4, 0.5) is 13.2 Å². The first kappa shape index (κ1) is 20.3. The minimum absolute atomic E-state index is 0.133. The van der Waals surface area contributed by atoms with Crippen LogP contribution < -0.4 is 10.6 Å². The van der Waals surface area contributed by atoms with Gasteiger partial charge in [0.15, 0.2) is 0 Å². The van der Waals surface area contributed by atoms with Crippen LogP contribution in [0.2, 0.25) is 5.02 Å². The van der Waals surface area contributed by atoms with E-state index in [0.29, 0.717) is 12.1 Å². The molecule has 0 aliphatic heterocycles. The summed E-state index contributed by atoms with van der Waals surface area (Å²) in [5.41, 5.74) is 0.667. The van der Waals surface area contributed by atoms with Gasteiger partial charge in [0.2, 0.25) is 5.91 Å². The molecule has 2 aromatic rings. The van der Waals surface area contributed by atoms with Gasteiger partial charge in [0.05, 0.1) is 17.1 Å². The van der Waals surface area contributed by atoms with Gasteiger partial charge >= 0.3 is 6.18 Å². The van der Waals surface area contributed by atoms with Crippen molar-refractivity contribution in [2.45, 2.75) is 32.1 Å². The van der Waals surface area contributed by atoms with Crippen LogP contribution in [0.5, 0.6) is 0 Å². The Morgan fingerprint density at radius 1 is 1.12 bits per heavy atom. The molecule has 0 saturated carbocycles. The van der Waals surface area contributed by atoms with Crippen molar-refractivity contribution in [1.29, 1.82) is 0 Å². The molecule has 3 nitrogen and oxygen atoms in total. The minimum atomic E-state index is -4.50. The third-order valence-corrected chi connectivity index (χ3v) is 4.07. The summed E-state index contributed by atoms with van der Waals surface area (Å²) >= 11 is 5.61. The second kappa shape index (κ2) is 9.05. The first-order valence-electron chi connectivity index (χ1n) is 8.15. The number of hydrogen-bond donors (Lipinski definition) is 2. The molecule has 0 bridgehead atoms. The number of halogens is 4.